The molecule has 3 rings (SSSR count). The third-order valence-corrected chi connectivity index (χ3v) is 5.56. The maximum Gasteiger partial charge on any atom is 0.279 e. The number of hydrogen-bond acceptors (Lipinski definition) is 1. The van der Waals surface area contributed by atoms with Gasteiger partial charge in [0.05, 0.1) is 0 Å². The molecule has 2 aromatic carbocycles. The molecule has 0 spiro atoms. The fourth-order valence-electron chi connectivity index (χ4n) is 3.85. The van der Waals surface area contributed by atoms with Crippen molar-refractivity contribution in [3.63, 3.8) is 0 Å². The molecular formula is C23H31N2O+. The molecule has 0 radical (unpaired) electrons. The predicted octanol–water partition coefficient (Wildman–Crippen LogP) is 3.70. The van der Waals surface area contributed by atoms with Crippen molar-refractivity contribution < 1.29 is 10.1 Å². The molecule has 0 unspecified atom stereocenters. The predicted molar refractivity (Wildman–Crippen MR) is 107 cm³/mol. The maximum absolute atomic E-state index is 12.5. The number of nitrogens with two attached hydrogens (primary N) is 1. The molecule has 3 N–H and O–H groups in total. The molecule has 3 heteroatoms. The molecule has 1 aliphatic carbocycles. The van der Waals surface area contributed by atoms with Gasteiger partial charge in [-0.1, -0.05) is 37.3 Å². The van der Waals surface area contributed by atoms with E-state index < -0.39 is 0 Å². The first kappa shape index (κ1) is 18.7. The minimum atomic E-state index is 0.0683. The van der Waals surface area contributed by atoms with Gasteiger partial charge in [0, 0.05) is 11.3 Å². The van der Waals surface area contributed by atoms with E-state index in [0.717, 1.165) is 17.7 Å². The van der Waals surface area contributed by atoms with Crippen molar-refractivity contribution in [2.24, 2.45) is 0 Å². The Labute approximate surface area is 157 Å². The van der Waals surface area contributed by atoms with E-state index in [1.54, 1.807) is 0 Å². The molecule has 0 bridgehead atoms. The quantitative estimate of drug-likeness (QED) is 0.819. The summed E-state index contributed by atoms with van der Waals surface area (Å²) in [6.07, 6.45) is 5.95. The molecule has 26 heavy (non-hydrogen) atoms. The highest BCUT2D eigenvalue weighted by molar-refractivity contribution is 5.93. The molecule has 138 valence electrons. The van der Waals surface area contributed by atoms with Gasteiger partial charge in [0.25, 0.3) is 5.91 Å². The Balaban J connectivity index is 1.59. The first-order valence-corrected chi connectivity index (χ1v) is 9.92. The number of carbonyl (C=O) groups excluding carboxylic acids is 1. The molecule has 0 saturated carbocycles. The Morgan fingerprint density at radius 1 is 1.15 bits per heavy atom. The minimum absolute atomic E-state index is 0.0683. The number of quaternary nitrogens is 1. The minimum Gasteiger partial charge on any atom is -0.333 e. The molecule has 0 aliphatic heterocycles. The van der Waals surface area contributed by atoms with Gasteiger partial charge in [-0.3, -0.25) is 4.79 Å². The molecule has 1 atom stereocenters. The molecular weight excluding hydrogens is 320 g/mol. The standard InChI is InChI=1S/C23H30N2O/c1-4-18-11-7-8-16(2)23(18)25-22(26)15-24-17(3)20-13-12-19-9-5-6-10-21(19)14-20/h7-8,11-14,17,24H,4-6,9-10,15H2,1-3H3,(H,25,26)/p+1/t17-/m0/s1. The number of benzene rings is 2. The van der Waals surface area contributed by atoms with E-state index in [0.29, 0.717) is 6.54 Å². The zero-order valence-electron chi connectivity index (χ0n) is 16.3. The molecule has 1 aliphatic rings. The number of carbonyl (C=O) groups is 1. The van der Waals surface area contributed by atoms with Gasteiger partial charge in [0.1, 0.15) is 6.04 Å². The van der Waals surface area contributed by atoms with Crippen LogP contribution in [0.5, 0.6) is 0 Å². The number of anilines is 1. The van der Waals surface area contributed by atoms with E-state index in [2.05, 4.69) is 48.7 Å². The zero-order valence-corrected chi connectivity index (χ0v) is 16.3. The first-order valence-electron chi connectivity index (χ1n) is 9.92. The summed E-state index contributed by atoms with van der Waals surface area (Å²) in [5.74, 6) is 0.0683. The highest BCUT2D eigenvalue weighted by Gasteiger charge is 2.16. The summed E-state index contributed by atoms with van der Waals surface area (Å²) in [6, 6.07) is 13.3. The van der Waals surface area contributed by atoms with Crippen LogP contribution in [-0.2, 0) is 24.1 Å². The van der Waals surface area contributed by atoms with Crippen LogP contribution in [0.3, 0.4) is 0 Å². The lowest BCUT2D eigenvalue weighted by Crippen LogP contribution is -2.86. The number of para-hydroxylation sites is 1. The summed E-state index contributed by atoms with van der Waals surface area (Å²) < 4.78 is 0. The molecule has 0 aromatic heterocycles. The Morgan fingerprint density at radius 3 is 2.69 bits per heavy atom. The van der Waals surface area contributed by atoms with Gasteiger partial charge in [-0.25, -0.2) is 0 Å². The second kappa shape index (κ2) is 8.50. The van der Waals surface area contributed by atoms with Gasteiger partial charge >= 0.3 is 0 Å². The number of nitrogens with one attached hydrogen (secondary N) is 1. The van der Waals surface area contributed by atoms with E-state index in [1.807, 2.05) is 19.1 Å². The van der Waals surface area contributed by atoms with E-state index >= 15 is 0 Å². The topological polar surface area (TPSA) is 45.7 Å². The summed E-state index contributed by atoms with van der Waals surface area (Å²) in [4.78, 5) is 12.5. The molecule has 0 saturated heterocycles. The van der Waals surface area contributed by atoms with Crippen LogP contribution in [0.1, 0.15) is 60.5 Å². The largest absolute Gasteiger partial charge is 0.333 e. The second-order valence-electron chi connectivity index (χ2n) is 7.47. The van der Waals surface area contributed by atoms with Crippen molar-refractivity contribution in [3.05, 3.63) is 64.2 Å². The molecule has 3 nitrogen and oxygen atoms in total. The Kier molecular flexibility index (Phi) is 6.10. The normalized spacial score (nSPS) is 14.6. The van der Waals surface area contributed by atoms with Crippen molar-refractivity contribution in [1.82, 2.24) is 0 Å². The summed E-state index contributed by atoms with van der Waals surface area (Å²) in [5, 5.41) is 5.25. The van der Waals surface area contributed by atoms with Crippen LogP contribution in [0.2, 0.25) is 0 Å². The number of hydrogen-bond donors (Lipinski definition) is 2. The average molecular weight is 352 g/mol. The third kappa shape index (κ3) is 4.34. The van der Waals surface area contributed by atoms with Gasteiger partial charge in [-0.2, -0.15) is 0 Å². The molecule has 0 heterocycles. The summed E-state index contributed by atoms with van der Waals surface area (Å²) in [7, 11) is 0. The lowest BCUT2D eigenvalue weighted by molar-refractivity contribution is -0.682. The third-order valence-electron chi connectivity index (χ3n) is 5.56. The van der Waals surface area contributed by atoms with Crippen molar-refractivity contribution in [2.75, 3.05) is 11.9 Å². The number of amides is 1. The fraction of sp³-hybridized carbons (Fsp3) is 0.435. The smallest absolute Gasteiger partial charge is 0.279 e. The molecule has 2 aromatic rings. The number of rotatable bonds is 6. The van der Waals surface area contributed by atoms with Crippen molar-refractivity contribution in [1.29, 1.82) is 0 Å². The lowest BCUT2D eigenvalue weighted by atomic mass is 9.89. The van der Waals surface area contributed by atoms with Gasteiger partial charge < -0.3 is 10.6 Å². The van der Waals surface area contributed by atoms with Crippen LogP contribution in [0.4, 0.5) is 5.69 Å². The number of fused-ring (bicyclic) bond motifs is 1. The van der Waals surface area contributed by atoms with Crippen molar-refractivity contribution in [3.8, 4) is 0 Å². The highest BCUT2D eigenvalue weighted by Crippen LogP contribution is 2.24. The van der Waals surface area contributed by atoms with Gasteiger partial charge in [-0.15, -0.1) is 0 Å². The fourth-order valence-corrected chi connectivity index (χ4v) is 3.85. The van der Waals surface area contributed by atoms with Crippen LogP contribution < -0.4 is 10.6 Å². The van der Waals surface area contributed by atoms with Crippen LogP contribution in [0.15, 0.2) is 36.4 Å². The highest BCUT2D eigenvalue weighted by atomic mass is 16.1. The zero-order chi connectivity index (χ0) is 18.5. The molecule has 1 amide bonds. The average Bonchev–Trinajstić information content (AvgIpc) is 2.67. The van der Waals surface area contributed by atoms with E-state index in [9.17, 15) is 4.79 Å². The molecule has 0 fully saturated rings. The number of aryl methyl sites for hydroxylation is 4. The van der Waals surface area contributed by atoms with Gasteiger partial charge in [0.2, 0.25) is 0 Å². The Morgan fingerprint density at radius 2 is 1.92 bits per heavy atom. The van der Waals surface area contributed by atoms with Crippen molar-refractivity contribution in [2.45, 2.75) is 58.9 Å². The SMILES string of the molecule is CCc1cccc(C)c1NC(=O)C[NH2+][C@@H](C)c1ccc2c(c1)CCCC2. The Hall–Kier alpha value is -2.13. The van der Waals surface area contributed by atoms with Crippen LogP contribution in [0, 0.1) is 6.92 Å². The summed E-state index contributed by atoms with van der Waals surface area (Å²) in [6.45, 7) is 6.79. The van der Waals surface area contributed by atoms with Crippen LogP contribution >= 0.6 is 0 Å². The van der Waals surface area contributed by atoms with Gasteiger partial charge in [-0.05, 0) is 74.3 Å². The van der Waals surface area contributed by atoms with Gasteiger partial charge in [0.15, 0.2) is 6.54 Å². The second-order valence-corrected chi connectivity index (χ2v) is 7.47. The van der Waals surface area contributed by atoms with Crippen molar-refractivity contribution >= 4 is 11.6 Å². The Bertz CT molecular complexity index is 782. The van der Waals surface area contributed by atoms with Crippen LogP contribution in [0.25, 0.3) is 0 Å². The summed E-state index contributed by atoms with van der Waals surface area (Å²) in [5.41, 5.74) is 7.64. The van der Waals surface area contributed by atoms with E-state index in [4.69, 9.17) is 0 Å². The van der Waals surface area contributed by atoms with E-state index in [1.165, 1.54) is 47.9 Å². The maximum atomic E-state index is 12.5. The first-order chi connectivity index (χ1) is 12.6. The lowest BCUT2D eigenvalue weighted by Gasteiger charge is -2.18. The van der Waals surface area contributed by atoms with Crippen LogP contribution in [-0.4, -0.2) is 12.5 Å². The summed E-state index contributed by atoms with van der Waals surface area (Å²) >= 11 is 0. The monoisotopic (exact) mass is 351 g/mol. The van der Waals surface area contributed by atoms with E-state index in [-0.39, 0.29) is 11.9 Å².